The van der Waals surface area contributed by atoms with Gasteiger partial charge in [0.15, 0.2) is 11.5 Å². The quantitative estimate of drug-likeness (QED) is 0.780. The summed E-state index contributed by atoms with van der Waals surface area (Å²) in [6.45, 7) is 0.186. The molecule has 0 unspecified atom stereocenters. The van der Waals surface area contributed by atoms with Crippen molar-refractivity contribution in [2.75, 3.05) is 27.3 Å². The van der Waals surface area contributed by atoms with Crippen LogP contribution in [0.1, 0.15) is 31.2 Å². The van der Waals surface area contributed by atoms with Crippen LogP contribution in [0.3, 0.4) is 0 Å². The largest absolute Gasteiger partial charge is 0.493 e. The average Bonchev–Trinajstić information content (AvgIpc) is 2.92. The van der Waals surface area contributed by atoms with Crippen LogP contribution in [0.5, 0.6) is 11.5 Å². The Morgan fingerprint density at radius 2 is 1.88 bits per heavy atom. The van der Waals surface area contributed by atoms with Crippen molar-refractivity contribution in [2.24, 2.45) is 0 Å². The fourth-order valence-corrected chi connectivity index (χ4v) is 2.68. The Kier molecular flexibility index (Phi) is 4.83. The summed E-state index contributed by atoms with van der Waals surface area (Å²) in [5, 5.41) is 2.68. The van der Waals surface area contributed by atoms with E-state index in [0.29, 0.717) is 17.1 Å². The van der Waals surface area contributed by atoms with E-state index >= 15 is 0 Å². The predicted molar refractivity (Wildman–Crippen MR) is 91.5 cm³/mol. The lowest BCUT2D eigenvalue weighted by molar-refractivity contribution is 0.0648. The van der Waals surface area contributed by atoms with Crippen LogP contribution in [0.4, 0.5) is 0 Å². The maximum absolute atomic E-state index is 12.3. The number of methoxy groups -OCH3 is 2. The zero-order chi connectivity index (χ0) is 18.7. The number of aromatic nitrogens is 1. The second kappa shape index (κ2) is 7.22. The number of pyridine rings is 1. The standard InChI is InChI=1S/C18H17N3O5/c1-25-13-6-5-11(10-14(13)26-2)16(22)20-8-9-21-17(23)12-4-3-7-19-15(12)18(21)24/h3-7,10H,8-9H2,1-2H3,(H,20,22). The highest BCUT2D eigenvalue weighted by molar-refractivity contribution is 6.20. The molecule has 2 aromatic rings. The highest BCUT2D eigenvalue weighted by Crippen LogP contribution is 2.27. The van der Waals surface area contributed by atoms with Gasteiger partial charge in [-0.2, -0.15) is 0 Å². The molecule has 0 aliphatic carbocycles. The minimum absolute atomic E-state index is 0.0626. The van der Waals surface area contributed by atoms with Gasteiger partial charge < -0.3 is 14.8 Å². The lowest BCUT2D eigenvalue weighted by atomic mass is 10.2. The molecular formula is C18H17N3O5. The third kappa shape index (κ3) is 3.08. The summed E-state index contributed by atoms with van der Waals surface area (Å²) < 4.78 is 10.3. The maximum Gasteiger partial charge on any atom is 0.280 e. The number of ether oxygens (including phenoxy) is 2. The van der Waals surface area contributed by atoms with E-state index in [1.807, 2.05) is 0 Å². The van der Waals surface area contributed by atoms with Crippen LogP contribution in [0, 0.1) is 0 Å². The van der Waals surface area contributed by atoms with Crippen molar-refractivity contribution in [3.63, 3.8) is 0 Å². The molecule has 26 heavy (non-hydrogen) atoms. The Morgan fingerprint density at radius 1 is 1.12 bits per heavy atom. The Morgan fingerprint density at radius 3 is 2.58 bits per heavy atom. The number of amides is 3. The molecular weight excluding hydrogens is 338 g/mol. The zero-order valence-corrected chi connectivity index (χ0v) is 14.3. The van der Waals surface area contributed by atoms with E-state index in [1.54, 1.807) is 30.3 Å². The summed E-state index contributed by atoms with van der Waals surface area (Å²) in [5.74, 6) is -0.251. The van der Waals surface area contributed by atoms with E-state index in [4.69, 9.17) is 9.47 Å². The molecule has 0 saturated heterocycles. The van der Waals surface area contributed by atoms with Crippen LogP contribution in [0.2, 0.25) is 0 Å². The maximum atomic E-state index is 12.3. The van der Waals surface area contributed by atoms with E-state index in [0.717, 1.165) is 4.90 Å². The minimum Gasteiger partial charge on any atom is -0.493 e. The van der Waals surface area contributed by atoms with Crippen LogP contribution in [0.15, 0.2) is 36.5 Å². The van der Waals surface area contributed by atoms with Gasteiger partial charge in [0, 0.05) is 24.8 Å². The Hall–Kier alpha value is -3.42. The normalized spacial score (nSPS) is 12.8. The molecule has 1 aliphatic heterocycles. The van der Waals surface area contributed by atoms with Gasteiger partial charge in [-0.15, -0.1) is 0 Å². The first-order valence-corrected chi connectivity index (χ1v) is 7.88. The topological polar surface area (TPSA) is 97.8 Å². The molecule has 0 bridgehead atoms. The summed E-state index contributed by atoms with van der Waals surface area (Å²) in [5.41, 5.74) is 0.805. The smallest absolute Gasteiger partial charge is 0.280 e. The van der Waals surface area contributed by atoms with Gasteiger partial charge in [0.2, 0.25) is 0 Å². The first-order chi connectivity index (χ1) is 12.6. The summed E-state index contributed by atoms with van der Waals surface area (Å²) in [6, 6.07) is 7.95. The zero-order valence-electron chi connectivity index (χ0n) is 14.3. The van der Waals surface area contributed by atoms with Gasteiger partial charge in [-0.3, -0.25) is 24.3 Å². The van der Waals surface area contributed by atoms with Crippen LogP contribution in [0.25, 0.3) is 0 Å². The van der Waals surface area contributed by atoms with E-state index < -0.39 is 11.8 Å². The van der Waals surface area contributed by atoms with Crippen LogP contribution < -0.4 is 14.8 Å². The third-order valence-corrected chi connectivity index (χ3v) is 4.00. The molecule has 1 aromatic carbocycles. The Bertz CT molecular complexity index is 846. The molecule has 8 nitrogen and oxygen atoms in total. The second-order valence-electron chi connectivity index (χ2n) is 5.49. The summed E-state index contributed by atoms with van der Waals surface area (Å²) in [7, 11) is 2.99. The predicted octanol–water partition coefficient (Wildman–Crippen LogP) is 1.12. The first kappa shape index (κ1) is 17.4. The van der Waals surface area contributed by atoms with Gasteiger partial charge in [-0.05, 0) is 30.3 Å². The number of fused-ring (bicyclic) bond motifs is 1. The molecule has 0 radical (unpaired) electrons. The van der Waals surface area contributed by atoms with Crippen molar-refractivity contribution in [3.05, 3.63) is 53.3 Å². The highest BCUT2D eigenvalue weighted by Gasteiger charge is 2.36. The fourth-order valence-electron chi connectivity index (χ4n) is 2.68. The Balaban J connectivity index is 1.61. The molecule has 134 valence electrons. The van der Waals surface area contributed by atoms with Crippen LogP contribution in [-0.4, -0.2) is 54.9 Å². The number of benzene rings is 1. The Labute approximate surface area is 149 Å². The summed E-state index contributed by atoms with van der Waals surface area (Å²) >= 11 is 0. The number of carbonyl (C=O) groups is 3. The number of rotatable bonds is 6. The summed E-state index contributed by atoms with van der Waals surface area (Å²) in [6.07, 6.45) is 1.46. The van der Waals surface area contributed by atoms with Gasteiger partial charge in [0.05, 0.1) is 19.8 Å². The van der Waals surface area contributed by atoms with E-state index in [2.05, 4.69) is 10.3 Å². The molecule has 8 heteroatoms. The fraction of sp³-hybridized carbons (Fsp3) is 0.222. The molecule has 0 fully saturated rings. The van der Waals surface area contributed by atoms with Crippen molar-refractivity contribution in [3.8, 4) is 11.5 Å². The molecule has 0 atom stereocenters. The van der Waals surface area contributed by atoms with E-state index in [1.165, 1.54) is 20.4 Å². The SMILES string of the molecule is COc1ccc(C(=O)NCCN2C(=O)c3cccnc3C2=O)cc1OC. The number of hydrogen-bond donors (Lipinski definition) is 1. The van der Waals surface area contributed by atoms with Crippen molar-refractivity contribution < 1.29 is 23.9 Å². The molecule has 0 spiro atoms. The average molecular weight is 355 g/mol. The van der Waals surface area contributed by atoms with Gasteiger partial charge in [-0.25, -0.2) is 0 Å². The monoisotopic (exact) mass is 355 g/mol. The minimum atomic E-state index is -0.453. The van der Waals surface area contributed by atoms with Crippen LogP contribution >= 0.6 is 0 Å². The number of carbonyl (C=O) groups excluding carboxylic acids is 3. The lowest BCUT2D eigenvalue weighted by Gasteiger charge is -2.14. The molecule has 3 rings (SSSR count). The van der Waals surface area contributed by atoms with Gasteiger partial charge in [0.1, 0.15) is 5.69 Å². The number of nitrogens with one attached hydrogen (secondary N) is 1. The van der Waals surface area contributed by atoms with Crippen molar-refractivity contribution in [1.82, 2.24) is 15.2 Å². The van der Waals surface area contributed by atoms with Crippen LogP contribution in [-0.2, 0) is 0 Å². The highest BCUT2D eigenvalue weighted by atomic mass is 16.5. The molecule has 1 aliphatic rings. The molecule has 3 amide bonds. The third-order valence-electron chi connectivity index (χ3n) is 4.00. The summed E-state index contributed by atoms with van der Waals surface area (Å²) in [4.78, 5) is 41.7. The molecule has 1 aromatic heterocycles. The van der Waals surface area contributed by atoms with Crippen molar-refractivity contribution in [1.29, 1.82) is 0 Å². The first-order valence-electron chi connectivity index (χ1n) is 7.88. The van der Waals surface area contributed by atoms with Gasteiger partial charge in [-0.1, -0.05) is 0 Å². The van der Waals surface area contributed by atoms with Gasteiger partial charge >= 0.3 is 0 Å². The van der Waals surface area contributed by atoms with Crippen molar-refractivity contribution >= 4 is 17.7 Å². The molecule has 2 heterocycles. The number of nitrogens with zero attached hydrogens (tertiary/aromatic N) is 2. The lowest BCUT2D eigenvalue weighted by Crippen LogP contribution is -2.38. The van der Waals surface area contributed by atoms with Crippen molar-refractivity contribution in [2.45, 2.75) is 0 Å². The van der Waals surface area contributed by atoms with E-state index in [-0.39, 0.29) is 30.3 Å². The van der Waals surface area contributed by atoms with Gasteiger partial charge in [0.25, 0.3) is 17.7 Å². The second-order valence-corrected chi connectivity index (χ2v) is 5.49. The number of imide groups is 1. The molecule has 0 saturated carbocycles. The van der Waals surface area contributed by atoms with E-state index in [9.17, 15) is 14.4 Å². The number of hydrogen-bond acceptors (Lipinski definition) is 6. The molecule has 1 N–H and O–H groups in total.